The number of thioether (sulfide) groups is 1. The van der Waals surface area contributed by atoms with E-state index in [1.165, 1.54) is 49.4 Å². The topological polar surface area (TPSA) is 24.4 Å². The molecule has 0 bridgehead atoms. The normalized spacial score (nSPS) is 27.2. The van der Waals surface area contributed by atoms with Crippen molar-refractivity contribution in [3.05, 3.63) is 0 Å². The molecule has 2 nitrogen and oxygen atoms in total. The van der Waals surface area contributed by atoms with E-state index in [9.17, 15) is 0 Å². The van der Waals surface area contributed by atoms with Crippen LogP contribution >= 0.6 is 11.8 Å². The Kier molecular flexibility index (Phi) is 3.61. The fourth-order valence-electron chi connectivity index (χ4n) is 2.99. The number of aliphatic imine (C=N–C) groups is 1. The van der Waals surface area contributed by atoms with E-state index in [-0.39, 0.29) is 0 Å². The molecule has 1 N–H and O–H groups in total. The molecule has 0 atom stereocenters. The first-order valence-corrected chi connectivity index (χ1v) is 8.68. The number of amidine groups is 1. The van der Waals surface area contributed by atoms with Crippen LogP contribution in [0.25, 0.3) is 0 Å². The van der Waals surface area contributed by atoms with Crippen LogP contribution in [0.1, 0.15) is 52.4 Å². The Morgan fingerprint density at radius 3 is 2.22 bits per heavy atom. The van der Waals surface area contributed by atoms with Crippen LogP contribution in [0.2, 0.25) is 0 Å². The van der Waals surface area contributed by atoms with Crippen molar-refractivity contribution in [2.75, 3.05) is 12.3 Å². The van der Waals surface area contributed by atoms with Gasteiger partial charge in [-0.05, 0) is 55.8 Å². The first-order chi connectivity index (χ1) is 8.76. The van der Waals surface area contributed by atoms with E-state index in [1.807, 2.05) is 11.8 Å². The zero-order valence-corrected chi connectivity index (χ0v) is 12.6. The van der Waals surface area contributed by atoms with Gasteiger partial charge in [0.25, 0.3) is 0 Å². The van der Waals surface area contributed by atoms with Gasteiger partial charge in [0.15, 0.2) is 5.17 Å². The fourth-order valence-corrected chi connectivity index (χ4v) is 4.31. The minimum Gasteiger partial charge on any atom is -0.362 e. The minimum atomic E-state index is 0.477. The van der Waals surface area contributed by atoms with Crippen molar-refractivity contribution < 1.29 is 0 Å². The van der Waals surface area contributed by atoms with E-state index in [0.29, 0.717) is 5.41 Å². The molecule has 0 aromatic heterocycles. The zero-order chi connectivity index (χ0) is 12.6. The highest BCUT2D eigenvalue weighted by Gasteiger charge is 2.42. The van der Waals surface area contributed by atoms with Gasteiger partial charge in [0.2, 0.25) is 0 Å². The van der Waals surface area contributed by atoms with Gasteiger partial charge in [0.05, 0.1) is 0 Å². The first-order valence-electron chi connectivity index (χ1n) is 7.70. The quantitative estimate of drug-likeness (QED) is 0.821. The molecule has 18 heavy (non-hydrogen) atoms. The molecule has 3 aliphatic rings. The second-order valence-electron chi connectivity index (χ2n) is 6.46. The summed E-state index contributed by atoms with van der Waals surface area (Å²) in [5.74, 6) is 3.18. The predicted molar refractivity (Wildman–Crippen MR) is 80.1 cm³/mol. The summed E-state index contributed by atoms with van der Waals surface area (Å²) in [7, 11) is 0. The van der Waals surface area contributed by atoms with Crippen molar-refractivity contribution >= 4 is 16.9 Å². The largest absolute Gasteiger partial charge is 0.362 e. The van der Waals surface area contributed by atoms with Gasteiger partial charge in [-0.15, -0.1) is 0 Å². The van der Waals surface area contributed by atoms with Crippen LogP contribution in [-0.2, 0) is 0 Å². The van der Waals surface area contributed by atoms with Gasteiger partial charge in [-0.25, -0.2) is 0 Å². The Hall–Kier alpha value is -0.180. The summed E-state index contributed by atoms with van der Waals surface area (Å²) in [5.41, 5.74) is 0.477. The Morgan fingerprint density at radius 2 is 1.83 bits per heavy atom. The lowest BCUT2D eigenvalue weighted by Crippen LogP contribution is -2.41. The summed E-state index contributed by atoms with van der Waals surface area (Å²) in [6.07, 6.45) is 8.31. The summed E-state index contributed by atoms with van der Waals surface area (Å²) in [6, 6.07) is 0.756. The van der Waals surface area contributed by atoms with Crippen LogP contribution in [-0.4, -0.2) is 23.5 Å². The summed E-state index contributed by atoms with van der Waals surface area (Å²) in [5, 5.41) is 5.03. The van der Waals surface area contributed by atoms with Gasteiger partial charge in [-0.1, -0.05) is 25.6 Å². The van der Waals surface area contributed by atoms with Crippen LogP contribution in [0, 0.1) is 17.3 Å². The Labute approximate surface area is 115 Å². The molecule has 0 saturated heterocycles. The van der Waals surface area contributed by atoms with E-state index < -0.39 is 0 Å². The molecule has 3 heteroatoms. The average molecular weight is 266 g/mol. The van der Waals surface area contributed by atoms with Crippen LogP contribution in [0.3, 0.4) is 0 Å². The van der Waals surface area contributed by atoms with Gasteiger partial charge in [0.1, 0.15) is 0 Å². The smallest absolute Gasteiger partial charge is 0.156 e. The zero-order valence-electron chi connectivity index (χ0n) is 11.7. The third-order valence-electron chi connectivity index (χ3n) is 5.12. The highest BCUT2D eigenvalue weighted by Crippen LogP contribution is 2.45. The number of rotatable bonds is 5. The van der Waals surface area contributed by atoms with E-state index in [1.54, 1.807) is 0 Å². The van der Waals surface area contributed by atoms with Crippen LogP contribution < -0.4 is 5.32 Å². The summed E-state index contributed by atoms with van der Waals surface area (Å²) in [6.45, 7) is 5.67. The maximum atomic E-state index is 4.85. The molecule has 102 valence electrons. The molecular weight excluding hydrogens is 240 g/mol. The standard InChI is InChI=1S/C15H26N2S/c1-3-15(4-2)9-16-14(18-10-15)17-13(11-5-6-11)12-7-8-12/h11-13H,3-10H2,1-2H3,(H,16,17). The summed E-state index contributed by atoms with van der Waals surface area (Å²) in [4.78, 5) is 4.85. The average Bonchev–Trinajstić information content (AvgIpc) is 3.30. The van der Waals surface area contributed by atoms with Crippen LogP contribution in [0.15, 0.2) is 4.99 Å². The first kappa shape index (κ1) is 12.8. The lowest BCUT2D eigenvalue weighted by atomic mass is 9.84. The highest BCUT2D eigenvalue weighted by molar-refractivity contribution is 8.13. The van der Waals surface area contributed by atoms with Gasteiger partial charge in [-0.2, -0.15) is 0 Å². The second-order valence-corrected chi connectivity index (χ2v) is 7.43. The SMILES string of the molecule is CCC1(CC)CN=C(NC(C2CC2)C2CC2)SC1. The van der Waals surface area contributed by atoms with E-state index in [2.05, 4.69) is 19.2 Å². The molecule has 0 aromatic rings. The lowest BCUT2D eigenvalue weighted by Gasteiger charge is -2.34. The second kappa shape index (κ2) is 5.07. The number of hydrogen-bond donors (Lipinski definition) is 1. The van der Waals surface area contributed by atoms with Crippen molar-refractivity contribution in [3.8, 4) is 0 Å². The van der Waals surface area contributed by atoms with Gasteiger partial charge in [-0.3, -0.25) is 4.99 Å². The Balaban J connectivity index is 1.58. The molecule has 2 aliphatic carbocycles. The molecule has 0 unspecified atom stereocenters. The molecule has 2 saturated carbocycles. The van der Waals surface area contributed by atoms with Crippen LogP contribution in [0.5, 0.6) is 0 Å². The van der Waals surface area contributed by atoms with Crippen LogP contribution in [0.4, 0.5) is 0 Å². The Morgan fingerprint density at radius 1 is 1.22 bits per heavy atom. The third-order valence-corrected chi connectivity index (χ3v) is 6.40. The van der Waals surface area contributed by atoms with Crippen molar-refractivity contribution in [1.29, 1.82) is 0 Å². The molecule has 0 amide bonds. The molecule has 1 aliphatic heterocycles. The van der Waals surface area contributed by atoms with E-state index in [0.717, 1.165) is 24.4 Å². The maximum absolute atomic E-state index is 4.85. The number of nitrogens with one attached hydrogen (secondary N) is 1. The van der Waals surface area contributed by atoms with Gasteiger partial charge in [0, 0.05) is 18.3 Å². The molecule has 0 radical (unpaired) electrons. The summed E-state index contributed by atoms with van der Waals surface area (Å²) < 4.78 is 0. The Bertz CT molecular complexity index is 315. The van der Waals surface area contributed by atoms with Gasteiger partial charge < -0.3 is 5.32 Å². The van der Waals surface area contributed by atoms with E-state index in [4.69, 9.17) is 4.99 Å². The molecule has 3 rings (SSSR count). The molecule has 2 fully saturated rings. The highest BCUT2D eigenvalue weighted by atomic mass is 32.2. The van der Waals surface area contributed by atoms with E-state index >= 15 is 0 Å². The maximum Gasteiger partial charge on any atom is 0.156 e. The van der Waals surface area contributed by atoms with Gasteiger partial charge >= 0.3 is 0 Å². The van der Waals surface area contributed by atoms with Crippen molar-refractivity contribution in [2.24, 2.45) is 22.2 Å². The fraction of sp³-hybridized carbons (Fsp3) is 0.933. The number of nitrogens with zero attached hydrogens (tertiary/aromatic N) is 1. The molecule has 0 spiro atoms. The van der Waals surface area contributed by atoms with Crippen molar-refractivity contribution in [2.45, 2.75) is 58.4 Å². The predicted octanol–water partition coefficient (Wildman–Crippen LogP) is 3.67. The monoisotopic (exact) mass is 266 g/mol. The number of hydrogen-bond acceptors (Lipinski definition) is 3. The molecule has 0 aromatic carbocycles. The van der Waals surface area contributed by atoms with Crippen molar-refractivity contribution in [1.82, 2.24) is 5.32 Å². The third kappa shape index (κ3) is 2.71. The summed E-state index contributed by atoms with van der Waals surface area (Å²) >= 11 is 1.98. The lowest BCUT2D eigenvalue weighted by molar-refractivity contribution is 0.317. The van der Waals surface area contributed by atoms with Crippen molar-refractivity contribution in [3.63, 3.8) is 0 Å². The molecular formula is C15H26N2S. The molecule has 1 heterocycles. The minimum absolute atomic E-state index is 0.477.